The lowest BCUT2D eigenvalue weighted by Crippen LogP contribution is -2.36. The average molecular weight is 258 g/mol. The Labute approximate surface area is 110 Å². The van der Waals surface area contributed by atoms with Crippen molar-refractivity contribution in [3.8, 4) is 0 Å². The molecule has 98 valence electrons. The van der Waals surface area contributed by atoms with E-state index in [4.69, 9.17) is 4.74 Å². The van der Waals surface area contributed by atoms with Gasteiger partial charge in [0, 0.05) is 25.5 Å². The fourth-order valence-electron chi connectivity index (χ4n) is 1.84. The van der Waals surface area contributed by atoms with Gasteiger partial charge in [-0.1, -0.05) is 0 Å². The molecule has 0 amide bonds. The molecule has 2 aromatic rings. The molecule has 0 unspecified atom stereocenters. The molecule has 1 aliphatic heterocycles. The number of nitrogens with zero attached hydrogens (tertiary/aromatic N) is 5. The molecular formula is C12H14N6O. The largest absolute Gasteiger partial charge is 0.378 e. The summed E-state index contributed by atoms with van der Waals surface area (Å²) >= 11 is 0. The maximum Gasteiger partial charge on any atom is 0.150 e. The van der Waals surface area contributed by atoms with Crippen molar-refractivity contribution in [1.82, 2.24) is 19.9 Å². The first-order valence-electron chi connectivity index (χ1n) is 6.09. The molecule has 0 aliphatic carbocycles. The van der Waals surface area contributed by atoms with Gasteiger partial charge in [0.2, 0.25) is 0 Å². The summed E-state index contributed by atoms with van der Waals surface area (Å²) in [6, 6.07) is 0. The molecule has 1 fully saturated rings. The first-order chi connectivity index (χ1) is 9.42. The first-order valence-corrected chi connectivity index (χ1v) is 6.09. The fraction of sp³-hybridized carbons (Fsp3) is 0.333. The van der Waals surface area contributed by atoms with Crippen LogP contribution in [0.1, 0.15) is 0 Å². The number of hydrogen-bond acceptors (Lipinski definition) is 7. The Bertz CT molecular complexity index is 512. The van der Waals surface area contributed by atoms with E-state index in [0.29, 0.717) is 11.6 Å². The zero-order chi connectivity index (χ0) is 12.9. The van der Waals surface area contributed by atoms with Crippen molar-refractivity contribution in [2.24, 2.45) is 0 Å². The number of rotatable bonds is 3. The zero-order valence-corrected chi connectivity index (χ0v) is 10.4. The van der Waals surface area contributed by atoms with Crippen LogP contribution in [0.25, 0.3) is 0 Å². The second-order valence-electron chi connectivity index (χ2n) is 4.07. The van der Waals surface area contributed by atoms with E-state index in [2.05, 4.69) is 30.2 Å². The molecular weight excluding hydrogens is 244 g/mol. The van der Waals surface area contributed by atoms with Crippen LogP contribution in [0.2, 0.25) is 0 Å². The van der Waals surface area contributed by atoms with Crippen LogP contribution in [-0.4, -0.2) is 46.2 Å². The van der Waals surface area contributed by atoms with Crippen LogP contribution in [0.3, 0.4) is 0 Å². The van der Waals surface area contributed by atoms with Crippen molar-refractivity contribution < 1.29 is 4.74 Å². The predicted octanol–water partition coefficient (Wildman–Crippen LogP) is 0.847. The summed E-state index contributed by atoms with van der Waals surface area (Å²) in [4.78, 5) is 19.0. The van der Waals surface area contributed by atoms with E-state index >= 15 is 0 Å². The Morgan fingerprint density at radius 2 is 1.79 bits per heavy atom. The monoisotopic (exact) mass is 258 g/mol. The third kappa shape index (κ3) is 2.94. The van der Waals surface area contributed by atoms with Crippen LogP contribution in [0.15, 0.2) is 31.0 Å². The minimum absolute atomic E-state index is 0.649. The highest BCUT2D eigenvalue weighted by molar-refractivity contribution is 5.50. The molecule has 3 rings (SSSR count). The van der Waals surface area contributed by atoms with E-state index in [9.17, 15) is 0 Å². The summed E-state index contributed by atoms with van der Waals surface area (Å²) in [5.41, 5.74) is 0. The van der Waals surface area contributed by atoms with Gasteiger partial charge in [-0.25, -0.2) is 15.0 Å². The Balaban J connectivity index is 1.68. The quantitative estimate of drug-likeness (QED) is 0.874. The zero-order valence-electron chi connectivity index (χ0n) is 10.4. The summed E-state index contributed by atoms with van der Waals surface area (Å²) < 4.78 is 5.31. The van der Waals surface area contributed by atoms with E-state index in [1.165, 1.54) is 0 Å². The summed E-state index contributed by atoms with van der Waals surface area (Å²) in [5, 5.41) is 3.04. The van der Waals surface area contributed by atoms with E-state index < -0.39 is 0 Å². The lowest BCUT2D eigenvalue weighted by molar-refractivity contribution is 0.122. The molecule has 1 saturated heterocycles. The second kappa shape index (κ2) is 5.57. The van der Waals surface area contributed by atoms with E-state index in [1.54, 1.807) is 31.0 Å². The van der Waals surface area contributed by atoms with Gasteiger partial charge >= 0.3 is 0 Å². The number of hydrogen-bond donors (Lipinski definition) is 1. The van der Waals surface area contributed by atoms with Gasteiger partial charge in [0.25, 0.3) is 0 Å². The summed E-state index contributed by atoms with van der Waals surface area (Å²) in [7, 11) is 0. The predicted molar refractivity (Wildman–Crippen MR) is 70.4 cm³/mol. The molecule has 3 heterocycles. The van der Waals surface area contributed by atoms with E-state index in [0.717, 1.165) is 32.1 Å². The highest BCUT2D eigenvalue weighted by Crippen LogP contribution is 2.14. The third-order valence-corrected chi connectivity index (χ3v) is 2.79. The molecule has 0 saturated carbocycles. The van der Waals surface area contributed by atoms with E-state index in [-0.39, 0.29) is 0 Å². The van der Waals surface area contributed by atoms with Crippen molar-refractivity contribution in [2.45, 2.75) is 0 Å². The maximum atomic E-state index is 5.31. The van der Waals surface area contributed by atoms with Crippen LogP contribution >= 0.6 is 0 Å². The standard InChI is InChI=1S/C12H14N6O/c1-2-14-10(7-13-1)17-11-8-16-12(9-15-11)18-3-5-19-6-4-18/h1-2,7-9H,3-6H2,(H,14,15,17). The summed E-state index contributed by atoms with van der Waals surface area (Å²) in [6.45, 7) is 3.18. The van der Waals surface area contributed by atoms with Gasteiger partial charge in [-0.15, -0.1) is 0 Å². The van der Waals surface area contributed by atoms with Crippen molar-refractivity contribution in [1.29, 1.82) is 0 Å². The number of aromatic nitrogens is 4. The number of anilines is 3. The molecule has 1 aliphatic rings. The molecule has 19 heavy (non-hydrogen) atoms. The van der Waals surface area contributed by atoms with Crippen molar-refractivity contribution >= 4 is 17.5 Å². The van der Waals surface area contributed by atoms with Gasteiger partial charge in [-0.05, 0) is 0 Å². The molecule has 7 nitrogen and oxygen atoms in total. The van der Waals surface area contributed by atoms with Gasteiger partial charge < -0.3 is 15.0 Å². The molecule has 0 aromatic carbocycles. The van der Waals surface area contributed by atoms with Crippen LogP contribution in [0.5, 0.6) is 0 Å². The molecule has 0 radical (unpaired) electrons. The minimum Gasteiger partial charge on any atom is -0.378 e. The summed E-state index contributed by atoms with van der Waals surface area (Å²) in [6.07, 6.45) is 8.33. The SMILES string of the molecule is c1cnc(Nc2cnc(N3CCOCC3)cn2)cn1. The molecule has 0 spiro atoms. The van der Waals surface area contributed by atoms with Gasteiger partial charge in [0.1, 0.15) is 17.5 Å². The van der Waals surface area contributed by atoms with Gasteiger partial charge in [-0.2, -0.15) is 0 Å². The van der Waals surface area contributed by atoms with Crippen LogP contribution in [0.4, 0.5) is 17.5 Å². The fourth-order valence-corrected chi connectivity index (χ4v) is 1.84. The third-order valence-electron chi connectivity index (χ3n) is 2.79. The maximum absolute atomic E-state index is 5.31. The van der Waals surface area contributed by atoms with Crippen molar-refractivity contribution in [3.05, 3.63) is 31.0 Å². The van der Waals surface area contributed by atoms with Crippen molar-refractivity contribution in [3.63, 3.8) is 0 Å². The molecule has 2 aromatic heterocycles. The molecule has 0 atom stereocenters. The number of morpholine rings is 1. The van der Waals surface area contributed by atoms with Crippen LogP contribution in [-0.2, 0) is 4.74 Å². The van der Waals surface area contributed by atoms with Gasteiger partial charge in [0.05, 0.1) is 31.8 Å². The molecule has 1 N–H and O–H groups in total. The second-order valence-corrected chi connectivity index (χ2v) is 4.07. The van der Waals surface area contributed by atoms with Crippen molar-refractivity contribution in [2.75, 3.05) is 36.5 Å². The lowest BCUT2D eigenvalue weighted by Gasteiger charge is -2.27. The Morgan fingerprint density at radius 1 is 0.947 bits per heavy atom. The topological polar surface area (TPSA) is 76.1 Å². The highest BCUT2D eigenvalue weighted by Gasteiger charge is 2.12. The first kappa shape index (κ1) is 11.8. The highest BCUT2D eigenvalue weighted by atomic mass is 16.5. The van der Waals surface area contributed by atoms with Gasteiger partial charge in [-0.3, -0.25) is 4.98 Å². The number of nitrogens with one attached hydrogen (secondary N) is 1. The average Bonchev–Trinajstić information content (AvgIpc) is 2.50. The minimum atomic E-state index is 0.649. The molecule has 7 heteroatoms. The van der Waals surface area contributed by atoms with E-state index in [1.807, 2.05) is 0 Å². The Morgan fingerprint density at radius 3 is 2.47 bits per heavy atom. The normalized spacial score (nSPS) is 15.3. The molecule has 0 bridgehead atoms. The van der Waals surface area contributed by atoms with Crippen LogP contribution < -0.4 is 10.2 Å². The van der Waals surface area contributed by atoms with Crippen LogP contribution in [0, 0.1) is 0 Å². The Kier molecular flexibility index (Phi) is 3.46. The number of ether oxygens (including phenoxy) is 1. The lowest BCUT2D eigenvalue weighted by atomic mass is 10.4. The Hall–Kier alpha value is -2.28. The summed E-state index contributed by atoms with van der Waals surface area (Å²) in [5.74, 6) is 2.17. The smallest absolute Gasteiger partial charge is 0.150 e. The van der Waals surface area contributed by atoms with Gasteiger partial charge in [0.15, 0.2) is 0 Å².